The van der Waals surface area contributed by atoms with Crippen molar-refractivity contribution in [3.05, 3.63) is 0 Å². The number of hydrogen-bond donors (Lipinski definition) is 1. The lowest BCUT2D eigenvalue weighted by Crippen LogP contribution is -2.28. The molecule has 0 aliphatic rings. The fraction of sp³-hybridized carbons (Fsp3) is 1.00. The summed E-state index contributed by atoms with van der Waals surface area (Å²) in [6.07, 6.45) is -0.129. The van der Waals surface area contributed by atoms with Crippen molar-refractivity contribution in [1.82, 2.24) is 0 Å². The molecule has 0 aromatic carbocycles. The Kier molecular flexibility index (Phi) is 11.2. The molecule has 0 bridgehead atoms. The van der Waals surface area contributed by atoms with E-state index in [0.29, 0.717) is 19.8 Å². The van der Waals surface area contributed by atoms with Crippen LogP contribution in [0, 0.1) is 0 Å². The maximum Gasteiger partial charge on any atom is 0.0788 e. The van der Waals surface area contributed by atoms with Crippen molar-refractivity contribution in [2.45, 2.75) is 52.1 Å². The van der Waals surface area contributed by atoms with Crippen molar-refractivity contribution >= 4 is 9.47 Å². The SMILES string of the molecule is CC(CO)OC(C)COCC(C)OC(C)COP. The number of ether oxygens (including phenoxy) is 3. The van der Waals surface area contributed by atoms with Crippen LogP contribution in [0.4, 0.5) is 0 Å². The Labute approximate surface area is 112 Å². The van der Waals surface area contributed by atoms with E-state index in [0.717, 1.165) is 0 Å². The van der Waals surface area contributed by atoms with Crippen molar-refractivity contribution in [2.24, 2.45) is 0 Å². The predicted molar refractivity (Wildman–Crippen MR) is 73.6 cm³/mol. The number of aliphatic hydroxyl groups excluding tert-OH is 1. The molecule has 0 rings (SSSR count). The van der Waals surface area contributed by atoms with Gasteiger partial charge in [0.05, 0.1) is 50.8 Å². The molecule has 0 aliphatic heterocycles. The first kappa shape index (κ1) is 18.2. The fourth-order valence-electron chi connectivity index (χ4n) is 1.49. The summed E-state index contributed by atoms with van der Waals surface area (Å²) in [6, 6.07) is 0. The van der Waals surface area contributed by atoms with Crippen LogP contribution in [0.2, 0.25) is 0 Å². The van der Waals surface area contributed by atoms with Gasteiger partial charge in [0.1, 0.15) is 0 Å². The van der Waals surface area contributed by atoms with Crippen molar-refractivity contribution in [3.8, 4) is 0 Å². The lowest BCUT2D eigenvalue weighted by atomic mass is 10.3. The number of rotatable bonds is 11. The molecule has 0 heterocycles. The monoisotopic (exact) mass is 282 g/mol. The summed E-state index contributed by atoms with van der Waals surface area (Å²) in [5, 5.41) is 8.85. The third kappa shape index (κ3) is 10.2. The minimum absolute atomic E-state index is 0.0163. The second-order valence-electron chi connectivity index (χ2n) is 4.57. The van der Waals surface area contributed by atoms with Crippen LogP contribution in [0.3, 0.4) is 0 Å². The summed E-state index contributed by atoms with van der Waals surface area (Å²) in [4.78, 5) is 0. The van der Waals surface area contributed by atoms with E-state index in [4.69, 9.17) is 23.8 Å². The molecule has 0 saturated heterocycles. The van der Waals surface area contributed by atoms with Crippen LogP contribution in [0.25, 0.3) is 0 Å². The molecule has 6 heteroatoms. The molecule has 110 valence electrons. The average Bonchev–Trinajstić information content (AvgIpc) is 2.28. The highest BCUT2D eigenvalue weighted by Gasteiger charge is 2.11. The van der Waals surface area contributed by atoms with Crippen LogP contribution in [0.15, 0.2) is 0 Å². The van der Waals surface area contributed by atoms with Crippen molar-refractivity contribution in [3.63, 3.8) is 0 Å². The van der Waals surface area contributed by atoms with E-state index >= 15 is 0 Å². The van der Waals surface area contributed by atoms with Gasteiger partial charge in [0, 0.05) is 9.47 Å². The maximum atomic E-state index is 8.85. The van der Waals surface area contributed by atoms with Crippen LogP contribution >= 0.6 is 9.47 Å². The molecule has 0 saturated carbocycles. The van der Waals surface area contributed by atoms with Gasteiger partial charge in [-0.05, 0) is 27.7 Å². The van der Waals surface area contributed by atoms with E-state index in [1.165, 1.54) is 0 Å². The summed E-state index contributed by atoms with van der Waals surface area (Å²) in [5.74, 6) is 0. The Hall–Kier alpha value is 0.230. The van der Waals surface area contributed by atoms with E-state index < -0.39 is 0 Å². The Bertz CT molecular complexity index is 193. The standard InChI is InChI=1S/C12H27O5P/c1-9(5-13)16-10(2)6-14-7-11(3)17-12(4)8-15-18/h9-13H,5-8,18H2,1-4H3. The minimum Gasteiger partial charge on any atom is -0.394 e. The van der Waals surface area contributed by atoms with Crippen molar-refractivity contribution in [2.75, 3.05) is 26.4 Å². The smallest absolute Gasteiger partial charge is 0.0788 e. The van der Waals surface area contributed by atoms with Gasteiger partial charge in [-0.15, -0.1) is 0 Å². The molecule has 5 unspecified atom stereocenters. The predicted octanol–water partition coefficient (Wildman–Crippen LogP) is 1.39. The van der Waals surface area contributed by atoms with E-state index in [2.05, 4.69) is 9.47 Å². The summed E-state index contributed by atoms with van der Waals surface area (Å²) >= 11 is 0. The minimum atomic E-state index is -0.156. The van der Waals surface area contributed by atoms with E-state index in [1.54, 1.807) is 0 Å². The van der Waals surface area contributed by atoms with Crippen molar-refractivity contribution < 1.29 is 23.8 Å². The fourth-order valence-corrected chi connectivity index (χ4v) is 1.76. The van der Waals surface area contributed by atoms with E-state index in [9.17, 15) is 0 Å². The molecule has 0 aromatic heterocycles. The molecule has 5 atom stereocenters. The second kappa shape index (κ2) is 11.1. The van der Waals surface area contributed by atoms with Gasteiger partial charge in [-0.2, -0.15) is 0 Å². The van der Waals surface area contributed by atoms with E-state index in [1.807, 2.05) is 27.7 Å². The van der Waals surface area contributed by atoms with Gasteiger partial charge in [-0.1, -0.05) is 0 Å². The van der Waals surface area contributed by atoms with Crippen LogP contribution in [-0.2, 0) is 18.7 Å². The Morgan fingerprint density at radius 3 is 1.72 bits per heavy atom. The van der Waals surface area contributed by atoms with Gasteiger partial charge in [-0.3, -0.25) is 0 Å². The molecular weight excluding hydrogens is 255 g/mol. The van der Waals surface area contributed by atoms with Crippen LogP contribution < -0.4 is 0 Å². The summed E-state index contributed by atoms with van der Waals surface area (Å²) in [6.45, 7) is 9.24. The lowest BCUT2D eigenvalue weighted by Gasteiger charge is -2.21. The normalized spacial score (nSPS) is 18.3. The second-order valence-corrected chi connectivity index (χ2v) is 4.90. The molecule has 1 N–H and O–H groups in total. The highest BCUT2D eigenvalue weighted by atomic mass is 31.0. The van der Waals surface area contributed by atoms with Gasteiger partial charge >= 0.3 is 0 Å². The number of aliphatic hydroxyl groups is 1. The Balaban J connectivity index is 3.57. The third-order valence-corrected chi connectivity index (χ3v) is 2.41. The average molecular weight is 282 g/mol. The first-order valence-corrected chi connectivity index (χ1v) is 6.77. The first-order valence-electron chi connectivity index (χ1n) is 6.30. The largest absolute Gasteiger partial charge is 0.394 e. The topological polar surface area (TPSA) is 57.2 Å². The zero-order valence-corrected chi connectivity index (χ0v) is 13.0. The third-order valence-electron chi connectivity index (χ3n) is 2.22. The lowest BCUT2D eigenvalue weighted by molar-refractivity contribution is -0.0883. The van der Waals surface area contributed by atoms with Crippen LogP contribution in [0.5, 0.6) is 0 Å². The Morgan fingerprint density at radius 1 is 0.833 bits per heavy atom. The highest BCUT2D eigenvalue weighted by molar-refractivity contribution is 7.09. The van der Waals surface area contributed by atoms with Gasteiger partial charge in [0.2, 0.25) is 0 Å². The van der Waals surface area contributed by atoms with E-state index in [-0.39, 0.29) is 31.0 Å². The molecular formula is C12H27O5P. The Morgan fingerprint density at radius 2 is 1.28 bits per heavy atom. The van der Waals surface area contributed by atoms with Crippen molar-refractivity contribution in [1.29, 1.82) is 0 Å². The van der Waals surface area contributed by atoms with Crippen LogP contribution in [-0.4, -0.2) is 55.9 Å². The molecule has 0 radical (unpaired) electrons. The maximum absolute atomic E-state index is 8.85. The summed E-state index contributed by atoms with van der Waals surface area (Å²) in [7, 11) is 2.21. The summed E-state index contributed by atoms with van der Waals surface area (Å²) < 4.78 is 21.5. The molecule has 0 amide bonds. The molecule has 0 fully saturated rings. The van der Waals surface area contributed by atoms with Gasteiger partial charge in [-0.25, -0.2) is 0 Å². The molecule has 5 nitrogen and oxygen atoms in total. The summed E-state index contributed by atoms with van der Waals surface area (Å²) in [5.41, 5.74) is 0. The quantitative estimate of drug-likeness (QED) is 0.580. The van der Waals surface area contributed by atoms with Gasteiger partial charge in [0.25, 0.3) is 0 Å². The van der Waals surface area contributed by atoms with Gasteiger partial charge in [0.15, 0.2) is 0 Å². The molecule has 0 aromatic rings. The molecule has 0 spiro atoms. The van der Waals surface area contributed by atoms with Gasteiger partial charge < -0.3 is 23.8 Å². The highest BCUT2D eigenvalue weighted by Crippen LogP contribution is 2.03. The van der Waals surface area contributed by atoms with Crippen LogP contribution in [0.1, 0.15) is 27.7 Å². The zero-order chi connectivity index (χ0) is 14.0. The first-order chi connectivity index (χ1) is 8.49. The number of hydrogen-bond acceptors (Lipinski definition) is 5. The molecule has 18 heavy (non-hydrogen) atoms. The molecule has 0 aliphatic carbocycles. The zero-order valence-electron chi connectivity index (χ0n) is 11.8.